The Kier molecular flexibility index (Phi) is 4.26. The Morgan fingerprint density at radius 3 is 2.68 bits per heavy atom. The van der Waals surface area contributed by atoms with Crippen LogP contribution in [0.5, 0.6) is 5.75 Å². The molecule has 1 heterocycles. The summed E-state index contributed by atoms with van der Waals surface area (Å²) in [5.74, 6) is 0.336. The number of anilines is 1. The number of carbonyl (C=O) groups excluding carboxylic acids is 2. The van der Waals surface area contributed by atoms with Crippen LogP contribution in [0.15, 0.2) is 18.2 Å². The van der Waals surface area contributed by atoms with Gasteiger partial charge >= 0.3 is 0 Å². The summed E-state index contributed by atoms with van der Waals surface area (Å²) < 4.78 is 34.1. The van der Waals surface area contributed by atoms with Gasteiger partial charge in [0.2, 0.25) is 10.0 Å². The van der Waals surface area contributed by atoms with Gasteiger partial charge in [-0.15, -0.1) is 0 Å². The van der Waals surface area contributed by atoms with Crippen molar-refractivity contribution < 1.29 is 22.7 Å². The first-order valence-corrected chi connectivity index (χ1v) is 11.3. The minimum absolute atomic E-state index is 0.0613. The van der Waals surface area contributed by atoms with Crippen LogP contribution in [-0.2, 0) is 14.8 Å². The van der Waals surface area contributed by atoms with E-state index in [1.54, 1.807) is 24.1 Å². The van der Waals surface area contributed by atoms with Crippen LogP contribution in [0.25, 0.3) is 0 Å². The molecule has 0 radical (unpaired) electrons. The first kappa shape index (κ1) is 19.2. The Labute approximate surface area is 165 Å². The smallest absolute Gasteiger partial charge is 0.257 e. The van der Waals surface area contributed by atoms with Gasteiger partial charge in [-0.1, -0.05) is 13.8 Å². The number of nitrogens with zero attached hydrogens (tertiary/aromatic N) is 1. The molecular formula is C20H26N2O5S. The highest BCUT2D eigenvalue weighted by Crippen LogP contribution is 2.64. The second kappa shape index (κ2) is 6.20. The molecular weight excluding hydrogens is 380 g/mol. The molecule has 1 aliphatic heterocycles. The number of Topliss-reactive ketones (excluding diaryl/α,β-unsaturated/α-hetero) is 1. The first-order chi connectivity index (χ1) is 13.1. The van der Waals surface area contributed by atoms with E-state index < -0.39 is 15.4 Å². The third-order valence-corrected chi connectivity index (χ3v) is 8.51. The Morgan fingerprint density at radius 2 is 2.04 bits per heavy atom. The van der Waals surface area contributed by atoms with Gasteiger partial charge in [0.15, 0.2) is 0 Å². The number of amides is 1. The van der Waals surface area contributed by atoms with Crippen molar-refractivity contribution in [1.29, 1.82) is 0 Å². The van der Waals surface area contributed by atoms with Gasteiger partial charge in [0.25, 0.3) is 5.91 Å². The quantitative estimate of drug-likeness (QED) is 0.828. The molecule has 0 unspecified atom stereocenters. The molecule has 28 heavy (non-hydrogen) atoms. The molecule has 2 saturated carbocycles. The lowest BCUT2D eigenvalue weighted by atomic mass is 9.70. The predicted octanol–water partition coefficient (Wildman–Crippen LogP) is 2.29. The summed E-state index contributed by atoms with van der Waals surface area (Å²) in [5.41, 5.74) is -0.509. The van der Waals surface area contributed by atoms with Crippen molar-refractivity contribution in [3.63, 3.8) is 0 Å². The number of ether oxygens (including phenoxy) is 1. The van der Waals surface area contributed by atoms with Gasteiger partial charge in [0.1, 0.15) is 18.1 Å². The van der Waals surface area contributed by atoms with Crippen LogP contribution >= 0.6 is 0 Å². The van der Waals surface area contributed by atoms with Crippen LogP contribution in [0, 0.1) is 16.7 Å². The van der Waals surface area contributed by atoms with Crippen LogP contribution in [0.2, 0.25) is 0 Å². The SMILES string of the molecule is CN1CCOc2ccc(NS(=O)(=O)C[C@]34CC[C@@H](CC3=O)C4(C)C)cc2C1=O. The van der Waals surface area contributed by atoms with E-state index in [2.05, 4.69) is 4.72 Å². The Hall–Kier alpha value is -2.09. The molecule has 2 aliphatic carbocycles. The van der Waals surface area contributed by atoms with Gasteiger partial charge in [0, 0.05) is 19.2 Å². The molecule has 0 saturated heterocycles. The number of carbonyl (C=O) groups is 2. The summed E-state index contributed by atoms with van der Waals surface area (Å²) in [7, 11) is -2.09. The zero-order valence-electron chi connectivity index (χ0n) is 16.4. The van der Waals surface area contributed by atoms with E-state index in [9.17, 15) is 18.0 Å². The van der Waals surface area contributed by atoms with E-state index in [0.29, 0.717) is 43.0 Å². The third kappa shape index (κ3) is 2.80. The molecule has 7 nitrogen and oxygen atoms in total. The number of rotatable bonds is 4. The van der Waals surface area contributed by atoms with Gasteiger partial charge in [-0.2, -0.15) is 0 Å². The second-order valence-electron chi connectivity index (χ2n) is 8.81. The Balaban J connectivity index is 1.60. The lowest BCUT2D eigenvalue weighted by Crippen LogP contribution is -2.43. The van der Waals surface area contributed by atoms with Crippen LogP contribution in [0.3, 0.4) is 0 Å². The van der Waals surface area contributed by atoms with Gasteiger partial charge in [-0.3, -0.25) is 14.3 Å². The molecule has 1 aromatic carbocycles. The maximum Gasteiger partial charge on any atom is 0.257 e. The lowest BCUT2D eigenvalue weighted by molar-refractivity contribution is -0.128. The standard InChI is InChI=1S/C20H26N2O5S/c1-19(2)13-6-7-20(19,17(23)10-13)12-28(25,26)21-14-4-5-16-15(11-14)18(24)22(3)8-9-27-16/h4-5,11,13,21H,6-10,12H2,1-3H3/t13-,20+/m0/s1. The number of likely N-dealkylation sites (N-methyl/N-ethyl adjacent to an activating group) is 1. The van der Waals surface area contributed by atoms with Crippen molar-refractivity contribution in [2.75, 3.05) is 30.7 Å². The van der Waals surface area contributed by atoms with Crippen LogP contribution < -0.4 is 9.46 Å². The van der Waals surface area contributed by atoms with Crippen LogP contribution in [-0.4, -0.2) is 51.0 Å². The minimum Gasteiger partial charge on any atom is -0.491 e. The molecule has 0 spiro atoms. The molecule has 8 heteroatoms. The van der Waals surface area contributed by atoms with Gasteiger partial charge in [0.05, 0.1) is 23.3 Å². The zero-order chi connectivity index (χ0) is 20.3. The molecule has 1 aromatic rings. The van der Waals surface area contributed by atoms with Crippen molar-refractivity contribution >= 4 is 27.4 Å². The highest BCUT2D eigenvalue weighted by atomic mass is 32.2. The van der Waals surface area contributed by atoms with Crippen molar-refractivity contribution in [2.45, 2.75) is 33.1 Å². The highest BCUT2D eigenvalue weighted by molar-refractivity contribution is 7.92. The number of sulfonamides is 1. The molecule has 4 rings (SSSR count). The number of hydrogen-bond donors (Lipinski definition) is 1. The first-order valence-electron chi connectivity index (χ1n) is 9.62. The Morgan fingerprint density at radius 1 is 1.29 bits per heavy atom. The van der Waals surface area contributed by atoms with Gasteiger partial charge in [-0.05, 0) is 42.4 Å². The fourth-order valence-electron chi connectivity index (χ4n) is 5.13. The van der Waals surface area contributed by atoms with Crippen molar-refractivity contribution in [3.05, 3.63) is 23.8 Å². The summed E-state index contributed by atoms with van der Waals surface area (Å²) in [6.45, 7) is 4.88. The van der Waals surface area contributed by atoms with Crippen molar-refractivity contribution in [3.8, 4) is 5.75 Å². The third-order valence-electron chi connectivity index (χ3n) is 7.09. The van der Waals surface area contributed by atoms with Crippen molar-refractivity contribution in [2.24, 2.45) is 16.7 Å². The average Bonchev–Trinajstić information content (AvgIpc) is 2.87. The number of hydrogen-bond acceptors (Lipinski definition) is 5. The lowest BCUT2D eigenvalue weighted by Gasteiger charge is -2.36. The molecule has 2 bridgehead atoms. The number of nitrogens with one attached hydrogen (secondary N) is 1. The zero-order valence-corrected chi connectivity index (χ0v) is 17.3. The highest BCUT2D eigenvalue weighted by Gasteiger charge is 2.65. The molecule has 3 aliphatic rings. The molecule has 1 N–H and O–H groups in total. The fraction of sp³-hybridized carbons (Fsp3) is 0.600. The minimum atomic E-state index is -3.77. The number of fused-ring (bicyclic) bond motifs is 3. The maximum absolute atomic E-state index is 13.0. The van der Waals surface area contributed by atoms with E-state index in [1.807, 2.05) is 13.8 Å². The monoisotopic (exact) mass is 406 g/mol. The van der Waals surface area contributed by atoms with E-state index in [4.69, 9.17) is 4.74 Å². The average molecular weight is 407 g/mol. The predicted molar refractivity (Wildman–Crippen MR) is 105 cm³/mol. The summed E-state index contributed by atoms with van der Waals surface area (Å²) >= 11 is 0. The normalized spacial score (nSPS) is 28.7. The van der Waals surface area contributed by atoms with Crippen molar-refractivity contribution in [1.82, 2.24) is 4.90 Å². The Bertz CT molecular complexity index is 955. The molecule has 1 amide bonds. The van der Waals surface area contributed by atoms with E-state index >= 15 is 0 Å². The van der Waals surface area contributed by atoms with Gasteiger partial charge < -0.3 is 9.64 Å². The molecule has 152 valence electrons. The van der Waals surface area contributed by atoms with E-state index in [-0.39, 0.29) is 28.8 Å². The number of ketones is 1. The summed E-state index contributed by atoms with van der Waals surface area (Å²) in [6.07, 6.45) is 1.98. The van der Waals surface area contributed by atoms with E-state index in [1.165, 1.54) is 6.07 Å². The summed E-state index contributed by atoms with van der Waals surface area (Å²) in [4.78, 5) is 26.7. The molecule has 0 aromatic heterocycles. The summed E-state index contributed by atoms with van der Waals surface area (Å²) in [6, 6.07) is 4.71. The second-order valence-corrected chi connectivity index (χ2v) is 10.5. The van der Waals surface area contributed by atoms with Crippen LogP contribution in [0.4, 0.5) is 5.69 Å². The topological polar surface area (TPSA) is 92.8 Å². The molecule has 2 fully saturated rings. The van der Waals surface area contributed by atoms with Gasteiger partial charge in [-0.25, -0.2) is 8.42 Å². The van der Waals surface area contributed by atoms with E-state index in [0.717, 1.165) is 6.42 Å². The van der Waals surface area contributed by atoms with Crippen LogP contribution in [0.1, 0.15) is 43.5 Å². The summed E-state index contributed by atoms with van der Waals surface area (Å²) in [5, 5.41) is 0. The largest absolute Gasteiger partial charge is 0.491 e. The molecule has 2 atom stereocenters. The maximum atomic E-state index is 13.0. The number of benzene rings is 1. The fourth-order valence-corrected chi connectivity index (χ4v) is 7.02.